The minimum atomic E-state index is -3.45. The van der Waals surface area contributed by atoms with E-state index in [1.807, 2.05) is 0 Å². The van der Waals surface area contributed by atoms with Gasteiger partial charge in [0.2, 0.25) is 10.0 Å². The van der Waals surface area contributed by atoms with E-state index in [0.717, 1.165) is 19.2 Å². The molecule has 1 atom stereocenters. The predicted octanol–water partition coefficient (Wildman–Crippen LogP) is 0.584. The van der Waals surface area contributed by atoms with Gasteiger partial charge >= 0.3 is 0 Å². The van der Waals surface area contributed by atoms with E-state index in [-0.39, 0.29) is 4.90 Å². The fourth-order valence-corrected chi connectivity index (χ4v) is 4.18. The Morgan fingerprint density at radius 3 is 2.30 bits per heavy atom. The van der Waals surface area contributed by atoms with Crippen LogP contribution in [0.2, 0.25) is 0 Å². The summed E-state index contributed by atoms with van der Waals surface area (Å²) >= 11 is 0. The molecule has 2 rings (SSSR count). The van der Waals surface area contributed by atoms with Crippen molar-refractivity contribution in [2.24, 2.45) is 0 Å². The van der Waals surface area contributed by atoms with Gasteiger partial charge in [0.05, 0.1) is 10.1 Å². The molecular weight excluding hydrogens is 300 g/mol. The van der Waals surface area contributed by atoms with Crippen LogP contribution in [-0.4, -0.2) is 41.4 Å². The second-order valence-electron chi connectivity index (χ2n) is 4.91. The van der Waals surface area contributed by atoms with Crippen molar-refractivity contribution in [3.8, 4) is 0 Å². The highest BCUT2D eigenvalue weighted by molar-refractivity contribution is 7.93. The molecule has 0 aromatic heterocycles. The van der Waals surface area contributed by atoms with Gasteiger partial charge in [-0.15, -0.1) is 0 Å². The van der Waals surface area contributed by atoms with Crippen molar-refractivity contribution in [2.45, 2.75) is 23.0 Å². The Morgan fingerprint density at radius 1 is 1.15 bits per heavy atom. The average Bonchev–Trinajstić information content (AvgIpc) is 2.39. The van der Waals surface area contributed by atoms with Crippen molar-refractivity contribution in [1.29, 1.82) is 0 Å². The lowest BCUT2D eigenvalue weighted by atomic mass is 10.2. The lowest BCUT2D eigenvalue weighted by molar-refractivity contribution is 0.499. The smallest absolute Gasteiger partial charge is 0.236 e. The van der Waals surface area contributed by atoms with Gasteiger partial charge in [-0.1, -0.05) is 0 Å². The van der Waals surface area contributed by atoms with Crippen LogP contribution < -0.4 is 10.0 Å². The summed E-state index contributed by atoms with van der Waals surface area (Å²) in [4.78, 5) is 0.166. The Balaban J connectivity index is 2.13. The molecule has 20 heavy (non-hydrogen) atoms. The number of hydrogen-bond donors (Lipinski definition) is 2. The van der Waals surface area contributed by atoms with E-state index in [4.69, 9.17) is 0 Å². The summed E-state index contributed by atoms with van der Waals surface area (Å²) in [6, 6.07) is 5.72. The molecule has 0 bridgehead atoms. The highest BCUT2D eigenvalue weighted by atomic mass is 32.2. The Morgan fingerprint density at radius 2 is 1.80 bits per heavy atom. The highest BCUT2D eigenvalue weighted by Gasteiger charge is 2.27. The van der Waals surface area contributed by atoms with Crippen LogP contribution in [0.3, 0.4) is 0 Å². The van der Waals surface area contributed by atoms with Gasteiger partial charge in [0.25, 0.3) is 0 Å². The van der Waals surface area contributed by atoms with E-state index < -0.39 is 25.1 Å². The second-order valence-corrected chi connectivity index (χ2v) is 8.89. The minimum Gasteiger partial charge on any atom is -0.315 e. The van der Waals surface area contributed by atoms with E-state index in [1.165, 1.54) is 24.3 Å². The third-order valence-corrected chi connectivity index (χ3v) is 6.16. The number of nitrogens with one attached hydrogen (secondary N) is 2. The standard InChI is InChI=1S/C12H18N2O4S2/c1-19(15,16)11-6-4-10(5-7-11)14-20(17,18)12-3-2-8-13-9-12/h4-7,12-14H,2-3,8-9H2,1H3. The van der Waals surface area contributed by atoms with Gasteiger partial charge < -0.3 is 5.32 Å². The van der Waals surface area contributed by atoms with Crippen LogP contribution in [-0.2, 0) is 19.9 Å². The molecule has 1 saturated heterocycles. The van der Waals surface area contributed by atoms with Crippen molar-refractivity contribution in [2.75, 3.05) is 24.1 Å². The molecule has 8 heteroatoms. The summed E-state index contributed by atoms with van der Waals surface area (Å²) in [5.74, 6) is 0. The number of benzene rings is 1. The van der Waals surface area contributed by atoms with Crippen molar-refractivity contribution in [3.05, 3.63) is 24.3 Å². The molecule has 0 spiro atoms. The summed E-state index contributed by atoms with van der Waals surface area (Å²) < 4.78 is 49.5. The summed E-state index contributed by atoms with van der Waals surface area (Å²) in [7, 11) is -6.72. The van der Waals surface area contributed by atoms with Crippen LogP contribution in [0.25, 0.3) is 0 Å². The number of piperidine rings is 1. The normalized spacial score (nSPS) is 20.6. The van der Waals surface area contributed by atoms with Crippen molar-refractivity contribution >= 4 is 25.5 Å². The molecule has 2 N–H and O–H groups in total. The summed E-state index contributed by atoms with van der Waals surface area (Å²) in [6.45, 7) is 1.28. The lowest BCUT2D eigenvalue weighted by Gasteiger charge is -2.23. The van der Waals surface area contributed by atoms with Crippen LogP contribution in [0.15, 0.2) is 29.2 Å². The fourth-order valence-electron chi connectivity index (χ4n) is 2.10. The molecule has 1 fully saturated rings. The van der Waals surface area contributed by atoms with Gasteiger partial charge in [-0.05, 0) is 43.7 Å². The van der Waals surface area contributed by atoms with Crippen LogP contribution >= 0.6 is 0 Å². The first kappa shape index (κ1) is 15.3. The Kier molecular flexibility index (Phi) is 4.36. The number of rotatable bonds is 4. The van der Waals surface area contributed by atoms with Crippen LogP contribution in [0.1, 0.15) is 12.8 Å². The number of sulfone groups is 1. The summed E-state index contributed by atoms with van der Waals surface area (Å²) in [5.41, 5.74) is 0.378. The molecule has 1 unspecified atom stereocenters. The molecule has 1 aliphatic heterocycles. The number of hydrogen-bond acceptors (Lipinski definition) is 5. The van der Waals surface area contributed by atoms with E-state index in [0.29, 0.717) is 18.7 Å². The van der Waals surface area contributed by atoms with E-state index in [9.17, 15) is 16.8 Å². The molecule has 0 saturated carbocycles. The monoisotopic (exact) mass is 318 g/mol. The van der Waals surface area contributed by atoms with Gasteiger partial charge in [-0.3, -0.25) is 4.72 Å². The topological polar surface area (TPSA) is 92.3 Å². The van der Waals surface area contributed by atoms with E-state index in [1.54, 1.807) is 0 Å². The molecule has 1 aromatic carbocycles. The van der Waals surface area contributed by atoms with Crippen LogP contribution in [0.5, 0.6) is 0 Å². The molecular formula is C12H18N2O4S2. The van der Waals surface area contributed by atoms with Crippen molar-refractivity contribution < 1.29 is 16.8 Å². The van der Waals surface area contributed by atoms with Crippen LogP contribution in [0.4, 0.5) is 5.69 Å². The van der Waals surface area contributed by atoms with Gasteiger partial charge in [-0.2, -0.15) is 0 Å². The van der Waals surface area contributed by atoms with Gasteiger partial charge in [0, 0.05) is 18.5 Å². The summed E-state index contributed by atoms with van der Waals surface area (Å²) in [5, 5.41) is 2.60. The maximum Gasteiger partial charge on any atom is 0.236 e. The SMILES string of the molecule is CS(=O)(=O)c1ccc(NS(=O)(=O)C2CCCNC2)cc1. The molecule has 0 amide bonds. The zero-order chi connectivity index (χ0) is 14.8. The molecule has 112 valence electrons. The highest BCUT2D eigenvalue weighted by Crippen LogP contribution is 2.18. The number of sulfonamides is 1. The van der Waals surface area contributed by atoms with Crippen LogP contribution in [0, 0.1) is 0 Å². The Labute approximate surface area is 119 Å². The third kappa shape index (κ3) is 3.71. The molecule has 6 nitrogen and oxygen atoms in total. The maximum atomic E-state index is 12.2. The Bertz CT molecular complexity index is 660. The van der Waals surface area contributed by atoms with Gasteiger partial charge in [0.1, 0.15) is 0 Å². The fraction of sp³-hybridized carbons (Fsp3) is 0.500. The minimum absolute atomic E-state index is 0.166. The average molecular weight is 318 g/mol. The molecule has 0 radical (unpaired) electrons. The van der Waals surface area contributed by atoms with E-state index in [2.05, 4.69) is 10.0 Å². The summed E-state index contributed by atoms with van der Waals surface area (Å²) in [6.07, 6.45) is 2.57. The third-order valence-electron chi connectivity index (χ3n) is 3.23. The van der Waals surface area contributed by atoms with Crippen molar-refractivity contribution in [3.63, 3.8) is 0 Å². The van der Waals surface area contributed by atoms with E-state index >= 15 is 0 Å². The maximum absolute atomic E-state index is 12.2. The van der Waals surface area contributed by atoms with Crippen molar-refractivity contribution in [1.82, 2.24) is 5.32 Å². The Hall–Kier alpha value is -1.12. The predicted molar refractivity (Wildman–Crippen MR) is 78.0 cm³/mol. The first-order valence-electron chi connectivity index (χ1n) is 6.31. The molecule has 1 aromatic rings. The van der Waals surface area contributed by atoms with Gasteiger partial charge in [0.15, 0.2) is 9.84 Å². The first-order valence-corrected chi connectivity index (χ1v) is 9.75. The number of anilines is 1. The second kappa shape index (κ2) is 5.71. The molecule has 1 aliphatic rings. The first-order chi connectivity index (χ1) is 9.29. The lowest BCUT2D eigenvalue weighted by Crippen LogP contribution is -2.41. The quantitative estimate of drug-likeness (QED) is 0.847. The zero-order valence-electron chi connectivity index (χ0n) is 11.2. The molecule has 1 heterocycles. The molecule has 0 aliphatic carbocycles. The van der Waals surface area contributed by atoms with Gasteiger partial charge in [-0.25, -0.2) is 16.8 Å². The zero-order valence-corrected chi connectivity index (χ0v) is 12.8. The largest absolute Gasteiger partial charge is 0.315 e.